The smallest absolute Gasteiger partial charge is 0.245 e. The highest BCUT2D eigenvalue weighted by Gasteiger charge is 2.23. The molecule has 8 heteroatoms. The van der Waals surface area contributed by atoms with Gasteiger partial charge >= 0.3 is 0 Å². The number of carbonyl (C=O) groups excluding carboxylic acids is 1. The molecular formula is C20H25N3O4S. The first-order valence-corrected chi connectivity index (χ1v) is 11.0. The number of benzene rings is 2. The zero-order valence-corrected chi connectivity index (χ0v) is 16.9. The number of hydrogen-bond acceptors (Lipinski definition) is 5. The van der Waals surface area contributed by atoms with E-state index in [0.717, 1.165) is 29.3 Å². The SMILES string of the molecule is COc1ccccc1N(CC(=O)Nc1ccc(N2CCCC2)cc1)S(C)(=O)=O. The lowest BCUT2D eigenvalue weighted by Gasteiger charge is -2.23. The molecule has 0 unspecified atom stereocenters. The van der Waals surface area contributed by atoms with E-state index in [4.69, 9.17) is 4.74 Å². The Morgan fingerprint density at radius 3 is 2.36 bits per heavy atom. The summed E-state index contributed by atoms with van der Waals surface area (Å²) in [5, 5.41) is 2.77. The molecule has 0 saturated carbocycles. The fourth-order valence-corrected chi connectivity index (χ4v) is 4.14. The fraction of sp³-hybridized carbons (Fsp3) is 0.350. The van der Waals surface area contributed by atoms with E-state index in [1.165, 1.54) is 20.0 Å². The third-order valence-corrected chi connectivity index (χ3v) is 5.79. The molecule has 0 spiro atoms. The van der Waals surface area contributed by atoms with E-state index in [-0.39, 0.29) is 6.54 Å². The lowest BCUT2D eigenvalue weighted by atomic mass is 10.2. The number of nitrogens with one attached hydrogen (secondary N) is 1. The second-order valence-corrected chi connectivity index (χ2v) is 8.64. The van der Waals surface area contributed by atoms with Crippen molar-refractivity contribution in [3.05, 3.63) is 48.5 Å². The molecule has 2 aromatic carbocycles. The van der Waals surface area contributed by atoms with Gasteiger partial charge in [0.2, 0.25) is 15.9 Å². The molecule has 3 rings (SSSR count). The predicted octanol–water partition coefficient (Wildman–Crippen LogP) is 2.70. The zero-order chi connectivity index (χ0) is 20.1. The van der Waals surface area contributed by atoms with E-state index in [0.29, 0.717) is 17.1 Å². The van der Waals surface area contributed by atoms with Crippen molar-refractivity contribution in [1.29, 1.82) is 0 Å². The Kier molecular flexibility index (Phi) is 6.08. The summed E-state index contributed by atoms with van der Waals surface area (Å²) in [6.07, 6.45) is 3.46. The summed E-state index contributed by atoms with van der Waals surface area (Å²) in [4.78, 5) is 14.8. The maximum Gasteiger partial charge on any atom is 0.245 e. The number of para-hydroxylation sites is 2. The highest BCUT2D eigenvalue weighted by molar-refractivity contribution is 7.92. The van der Waals surface area contributed by atoms with Gasteiger partial charge in [0, 0.05) is 24.5 Å². The Morgan fingerprint density at radius 1 is 1.11 bits per heavy atom. The van der Waals surface area contributed by atoms with Crippen LogP contribution < -0.4 is 19.3 Å². The van der Waals surface area contributed by atoms with Gasteiger partial charge in [-0.25, -0.2) is 8.42 Å². The molecule has 1 saturated heterocycles. The maximum atomic E-state index is 12.5. The topological polar surface area (TPSA) is 79.0 Å². The number of anilines is 3. The molecule has 0 aliphatic carbocycles. The molecule has 0 radical (unpaired) electrons. The van der Waals surface area contributed by atoms with Crippen molar-refractivity contribution in [2.24, 2.45) is 0 Å². The molecule has 2 aromatic rings. The highest BCUT2D eigenvalue weighted by Crippen LogP contribution is 2.29. The van der Waals surface area contributed by atoms with Crippen LogP contribution in [0.4, 0.5) is 17.1 Å². The number of hydrogen-bond donors (Lipinski definition) is 1. The van der Waals surface area contributed by atoms with Gasteiger partial charge in [-0.3, -0.25) is 9.10 Å². The van der Waals surface area contributed by atoms with Gasteiger partial charge < -0.3 is 15.0 Å². The van der Waals surface area contributed by atoms with E-state index in [9.17, 15) is 13.2 Å². The van der Waals surface area contributed by atoms with Crippen LogP contribution in [0.2, 0.25) is 0 Å². The van der Waals surface area contributed by atoms with Crippen LogP contribution in [0, 0.1) is 0 Å². The van der Waals surface area contributed by atoms with E-state index in [1.54, 1.807) is 24.3 Å². The first-order valence-electron chi connectivity index (χ1n) is 9.14. The third kappa shape index (κ3) is 4.75. The summed E-state index contributed by atoms with van der Waals surface area (Å²) in [7, 11) is -2.21. The number of ether oxygens (including phenoxy) is 1. The minimum absolute atomic E-state index is 0.326. The van der Waals surface area contributed by atoms with Crippen LogP contribution in [0.3, 0.4) is 0 Å². The van der Waals surface area contributed by atoms with Crippen molar-refractivity contribution in [1.82, 2.24) is 0 Å². The molecule has 1 amide bonds. The zero-order valence-electron chi connectivity index (χ0n) is 16.1. The number of amides is 1. The van der Waals surface area contributed by atoms with Crippen molar-refractivity contribution in [2.75, 3.05) is 47.5 Å². The largest absolute Gasteiger partial charge is 0.495 e. The third-order valence-electron chi connectivity index (χ3n) is 4.66. The Hall–Kier alpha value is -2.74. The summed E-state index contributed by atoms with van der Waals surface area (Å²) in [5.41, 5.74) is 2.08. The van der Waals surface area contributed by atoms with Crippen LogP contribution in [-0.2, 0) is 14.8 Å². The fourth-order valence-electron chi connectivity index (χ4n) is 3.28. The van der Waals surface area contributed by atoms with Gasteiger partial charge in [-0.05, 0) is 49.2 Å². The van der Waals surface area contributed by atoms with Crippen molar-refractivity contribution < 1.29 is 17.9 Å². The molecular weight excluding hydrogens is 378 g/mol. The van der Waals surface area contributed by atoms with E-state index in [2.05, 4.69) is 10.2 Å². The van der Waals surface area contributed by atoms with Gasteiger partial charge in [-0.15, -0.1) is 0 Å². The van der Waals surface area contributed by atoms with Crippen LogP contribution >= 0.6 is 0 Å². The molecule has 1 aliphatic heterocycles. The monoisotopic (exact) mass is 403 g/mol. The van der Waals surface area contributed by atoms with Crippen molar-refractivity contribution >= 4 is 33.0 Å². The average molecular weight is 404 g/mol. The summed E-state index contributed by atoms with van der Waals surface area (Å²) >= 11 is 0. The molecule has 1 heterocycles. The number of rotatable bonds is 7. The van der Waals surface area contributed by atoms with Gasteiger partial charge in [0.05, 0.1) is 19.1 Å². The average Bonchev–Trinajstić information content (AvgIpc) is 3.20. The second-order valence-electron chi connectivity index (χ2n) is 6.73. The van der Waals surface area contributed by atoms with Crippen LogP contribution in [0.1, 0.15) is 12.8 Å². The van der Waals surface area contributed by atoms with E-state index < -0.39 is 15.9 Å². The van der Waals surface area contributed by atoms with Crippen LogP contribution in [0.15, 0.2) is 48.5 Å². The second kappa shape index (κ2) is 8.52. The minimum atomic E-state index is -3.67. The summed E-state index contributed by atoms with van der Waals surface area (Å²) < 4.78 is 30.8. The number of sulfonamides is 1. The molecule has 1 N–H and O–H groups in total. The van der Waals surface area contributed by atoms with Gasteiger partial charge in [0.15, 0.2) is 0 Å². The summed E-state index contributed by atoms with van der Waals surface area (Å²) in [6.45, 7) is 1.76. The van der Waals surface area contributed by atoms with Crippen molar-refractivity contribution in [2.45, 2.75) is 12.8 Å². The molecule has 1 fully saturated rings. The number of carbonyl (C=O) groups is 1. The maximum absolute atomic E-state index is 12.5. The van der Waals surface area contributed by atoms with Crippen molar-refractivity contribution in [3.63, 3.8) is 0 Å². The molecule has 150 valence electrons. The molecule has 0 bridgehead atoms. The lowest BCUT2D eigenvalue weighted by molar-refractivity contribution is -0.114. The van der Waals surface area contributed by atoms with Crippen LogP contribution in [-0.4, -0.2) is 47.3 Å². The van der Waals surface area contributed by atoms with Crippen LogP contribution in [0.25, 0.3) is 0 Å². The first kappa shape index (κ1) is 20.0. The Labute approximate surface area is 166 Å². The summed E-state index contributed by atoms with van der Waals surface area (Å²) in [6, 6.07) is 14.3. The predicted molar refractivity (Wildman–Crippen MR) is 112 cm³/mol. The Bertz CT molecular complexity index is 923. The quantitative estimate of drug-likeness (QED) is 0.769. The normalized spacial score (nSPS) is 14.0. The lowest BCUT2D eigenvalue weighted by Crippen LogP contribution is -2.37. The number of nitrogens with zero attached hydrogens (tertiary/aromatic N) is 2. The molecule has 7 nitrogen and oxygen atoms in total. The molecule has 0 aromatic heterocycles. The standard InChI is InChI=1S/C20H25N3O4S/c1-27-19-8-4-3-7-18(19)23(28(2,25)26)15-20(24)21-16-9-11-17(12-10-16)22-13-5-6-14-22/h3-4,7-12H,5-6,13-15H2,1-2H3,(H,21,24). The van der Waals surface area contributed by atoms with Gasteiger partial charge in [-0.1, -0.05) is 12.1 Å². The minimum Gasteiger partial charge on any atom is -0.495 e. The van der Waals surface area contributed by atoms with Gasteiger partial charge in [-0.2, -0.15) is 0 Å². The number of methoxy groups -OCH3 is 1. The van der Waals surface area contributed by atoms with Gasteiger partial charge in [0.1, 0.15) is 12.3 Å². The molecule has 28 heavy (non-hydrogen) atoms. The van der Waals surface area contributed by atoms with E-state index >= 15 is 0 Å². The molecule has 1 aliphatic rings. The first-order chi connectivity index (χ1) is 13.4. The van der Waals surface area contributed by atoms with E-state index in [1.807, 2.05) is 24.3 Å². The molecule has 0 atom stereocenters. The van der Waals surface area contributed by atoms with Gasteiger partial charge in [0.25, 0.3) is 0 Å². The Balaban J connectivity index is 1.72. The van der Waals surface area contributed by atoms with Crippen LogP contribution in [0.5, 0.6) is 5.75 Å². The summed E-state index contributed by atoms with van der Waals surface area (Å²) in [5.74, 6) is -0.0408. The Morgan fingerprint density at radius 2 is 1.75 bits per heavy atom. The highest BCUT2D eigenvalue weighted by atomic mass is 32.2. The van der Waals surface area contributed by atoms with Crippen molar-refractivity contribution in [3.8, 4) is 5.75 Å².